The van der Waals surface area contributed by atoms with E-state index in [0.717, 1.165) is 37.7 Å². The molecular weight excluding hydrogens is 520 g/mol. The highest BCUT2D eigenvalue weighted by atomic mass is 79.9. The van der Waals surface area contributed by atoms with Crippen LogP contribution in [0.4, 0.5) is 11.4 Å². The number of rotatable bonds is 4. The van der Waals surface area contributed by atoms with Crippen molar-refractivity contribution in [3.63, 3.8) is 0 Å². The second-order valence-electron chi connectivity index (χ2n) is 8.99. The first-order chi connectivity index (χ1) is 17.0. The summed E-state index contributed by atoms with van der Waals surface area (Å²) in [6.45, 7) is 9.69. The molecule has 0 saturated heterocycles. The molecule has 0 aliphatic rings. The Morgan fingerprint density at radius 1 is 0.722 bits per heavy atom. The van der Waals surface area contributed by atoms with E-state index in [1.807, 2.05) is 71.0 Å². The van der Waals surface area contributed by atoms with Gasteiger partial charge in [-0.15, -0.1) is 0 Å². The number of fused-ring (bicyclic) bond motifs is 1. The number of nitrogens with one attached hydrogen (secondary N) is 3. The number of anilines is 2. The summed E-state index contributed by atoms with van der Waals surface area (Å²) in [5.74, 6) is -2.14. The maximum atomic E-state index is 13.3. The molecule has 0 fully saturated rings. The van der Waals surface area contributed by atoms with Crippen LogP contribution in [0.3, 0.4) is 0 Å². The van der Waals surface area contributed by atoms with E-state index < -0.39 is 17.7 Å². The summed E-state index contributed by atoms with van der Waals surface area (Å²) in [6.07, 6.45) is 0. The topological polar surface area (TPSA) is 92.2 Å². The SMILES string of the molecule is Cc1cc(C)c(NC(=O)C(=O)Nn2c(C(=O)Nc3ccc(C)c(C)c3)cc3cc(Br)ccc32)c(C)c1. The number of benzene rings is 3. The summed E-state index contributed by atoms with van der Waals surface area (Å²) >= 11 is 3.44. The molecule has 3 N–H and O–H groups in total. The molecule has 184 valence electrons. The van der Waals surface area contributed by atoms with Crippen molar-refractivity contribution in [2.24, 2.45) is 0 Å². The molecule has 3 amide bonds. The van der Waals surface area contributed by atoms with E-state index in [-0.39, 0.29) is 5.69 Å². The number of aromatic nitrogens is 1. The highest BCUT2D eigenvalue weighted by molar-refractivity contribution is 9.10. The zero-order valence-electron chi connectivity index (χ0n) is 20.7. The minimum absolute atomic E-state index is 0.185. The largest absolute Gasteiger partial charge is 0.328 e. The predicted octanol–water partition coefficient (Wildman–Crippen LogP) is 5.91. The third-order valence-corrected chi connectivity index (χ3v) is 6.59. The van der Waals surface area contributed by atoms with Crippen LogP contribution in [0.1, 0.15) is 38.3 Å². The molecule has 0 aliphatic carbocycles. The Bertz CT molecular complexity index is 1510. The monoisotopic (exact) mass is 546 g/mol. The summed E-state index contributed by atoms with van der Waals surface area (Å²) in [6, 6.07) is 16.6. The molecule has 4 aromatic rings. The van der Waals surface area contributed by atoms with E-state index in [0.29, 0.717) is 16.9 Å². The zero-order chi connectivity index (χ0) is 26.1. The highest BCUT2D eigenvalue weighted by Gasteiger charge is 2.22. The van der Waals surface area contributed by atoms with Gasteiger partial charge < -0.3 is 10.6 Å². The number of carbonyl (C=O) groups is 3. The summed E-state index contributed by atoms with van der Waals surface area (Å²) in [5, 5.41) is 6.31. The van der Waals surface area contributed by atoms with Gasteiger partial charge in [0.05, 0.1) is 5.52 Å². The number of hydrogen-bond donors (Lipinski definition) is 3. The van der Waals surface area contributed by atoms with Gasteiger partial charge in [-0.3, -0.25) is 19.8 Å². The summed E-state index contributed by atoms with van der Waals surface area (Å²) in [4.78, 5) is 39.0. The maximum Gasteiger partial charge on any atom is 0.328 e. The van der Waals surface area contributed by atoms with Gasteiger partial charge in [0.25, 0.3) is 5.91 Å². The van der Waals surface area contributed by atoms with Crippen LogP contribution in [0, 0.1) is 34.6 Å². The normalized spacial score (nSPS) is 10.8. The van der Waals surface area contributed by atoms with Gasteiger partial charge in [0.15, 0.2) is 0 Å². The fourth-order valence-corrected chi connectivity index (χ4v) is 4.57. The molecule has 0 unspecified atom stereocenters. The number of carbonyl (C=O) groups excluding carboxylic acids is 3. The minimum Gasteiger partial charge on any atom is -0.321 e. The lowest BCUT2D eigenvalue weighted by Crippen LogP contribution is -2.36. The maximum absolute atomic E-state index is 13.3. The minimum atomic E-state index is -0.893. The van der Waals surface area contributed by atoms with E-state index in [4.69, 9.17) is 0 Å². The van der Waals surface area contributed by atoms with E-state index >= 15 is 0 Å². The zero-order valence-corrected chi connectivity index (χ0v) is 22.3. The summed E-state index contributed by atoms with van der Waals surface area (Å²) in [7, 11) is 0. The Morgan fingerprint density at radius 3 is 2.08 bits per heavy atom. The fraction of sp³-hybridized carbons (Fsp3) is 0.179. The molecule has 0 atom stereocenters. The van der Waals surface area contributed by atoms with Crippen molar-refractivity contribution < 1.29 is 14.4 Å². The van der Waals surface area contributed by atoms with Gasteiger partial charge in [0.2, 0.25) is 0 Å². The van der Waals surface area contributed by atoms with Gasteiger partial charge in [0.1, 0.15) is 5.69 Å². The van der Waals surface area contributed by atoms with Gasteiger partial charge >= 0.3 is 11.8 Å². The Kier molecular flexibility index (Phi) is 6.99. The van der Waals surface area contributed by atoms with E-state index in [1.165, 1.54) is 4.68 Å². The van der Waals surface area contributed by atoms with Crippen LogP contribution in [-0.4, -0.2) is 22.4 Å². The third-order valence-electron chi connectivity index (χ3n) is 6.10. The van der Waals surface area contributed by atoms with Crippen LogP contribution in [0.5, 0.6) is 0 Å². The number of nitrogens with zero attached hydrogens (tertiary/aromatic N) is 1. The van der Waals surface area contributed by atoms with Crippen LogP contribution < -0.4 is 16.1 Å². The van der Waals surface area contributed by atoms with Crippen molar-refractivity contribution in [3.8, 4) is 0 Å². The molecule has 0 spiro atoms. The van der Waals surface area contributed by atoms with Crippen molar-refractivity contribution in [2.45, 2.75) is 34.6 Å². The van der Waals surface area contributed by atoms with Gasteiger partial charge in [-0.25, -0.2) is 4.68 Å². The highest BCUT2D eigenvalue weighted by Crippen LogP contribution is 2.25. The summed E-state index contributed by atoms with van der Waals surface area (Å²) < 4.78 is 2.16. The second kappa shape index (κ2) is 9.99. The van der Waals surface area contributed by atoms with Gasteiger partial charge in [-0.05, 0) is 93.3 Å². The van der Waals surface area contributed by atoms with Crippen LogP contribution in [0.2, 0.25) is 0 Å². The van der Waals surface area contributed by atoms with Crippen LogP contribution in [-0.2, 0) is 9.59 Å². The molecule has 0 saturated carbocycles. The number of halogens is 1. The lowest BCUT2D eigenvalue weighted by atomic mass is 10.1. The molecular formula is C28H27BrN4O3. The van der Waals surface area contributed by atoms with Crippen molar-refractivity contribution in [1.29, 1.82) is 0 Å². The van der Waals surface area contributed by atoms with Crippen LogP contribution in [0.15, 0.2) is 59.1 Å². The Hall–Kier alpha value is -3.91. The first-order valence-electron chi connectivity index (χ1n) is 11.4. The lowest BCUT2D eigenvalue weighted by Gasteiger charge is -2.15. The van der Waals surface area contributed by atoms with E-state index in [9.17, 15) is 14.4 Å². The average Bonchev–Trinajstić information content (AvgIpc) is 3.15. The molecule has 0 aliphatic heterocycles. The standard InChI is InChI=1S/C28H27BrN4O3/c1-15-10-18(4)25(19(5)11-15)31-27(35)28(36)32-33-23-9-7-21(29)13-20(23)14-24(33)26(34)30-22-8-6-16(2)17(3)12-22/h6-14H,1-5H3,(H,30,34)(H,31,35)(H,32,36). The molecule has 1 heterocycles. The lowest BCUT2D eigenvalue weighted by molar-refractivity contribution is -0.133. The van der Waals surface area contributed by atoms with E-state index in [1.54, 1.807) is 18.2 Å². The Morgan fingerprint density at radius 2 is 1.42 bits per heavy atom. The van der Waals surface area contributed by atoms with Crippen LogP contribution >= 0.6 is 15.9 Å². The average molecular weight is 547 g/mol. The van der Waals surface area contributed by atoms with Crippen LogP contribution in [0.25, 0.3) is 10.9 Å². The molecule has 4 rings (SSSR count). The van der Waals surface area contributed by atoms with Gasteiger partial charge in [0, 0.05) is 21.2 Å². The molecule has 7 nitrogen and oxygen atoms in total. The fourth-order valence-electron chi connectivity index (χ4n) is 4.19. The summed E-state index contributed by atoms with van der Waals surface area (Å²) in [5.41, 5.74) is 9.53. The number of hydrogen-bond acceptors (Lipinski definition) is 3. The predicted molar refractivity (Wildman–Crippen MR) is 147 cm³/mol. The van der Waals surface area contributed by atoms with Crippen molar-refractivity contribution >= 4 is 55.9 Å². The van der Waals surface area contributed by atoms with E-state index in [2.05, 4.69) is 32.0 Å². The van der Waals surface area contributed by atoms with Gasteiger partial charge in [-0.2, -0.15) is 0 Å². The Labute approximate surface area is 218 Å². The third kappa shape index (κ3) is 5.18. The van der Waals surface area contributed by atoms with Crippen molar-refractivity contribution in [3.05, 3.63) is 92.6 Å². The molecule has 3 aromatic carbocycles. The Balaban J connectivity index is 1.64. The smallest absolute Gasteiger partial charge is 0.321 e. The molecule has 0 bridgehead atoms. The second-order valence-corrected chi connectivity index (χ2v) is 9.91. The number of aryl methyl sites for hydroxylation is 5. The molecule has 8 heteroatoms. The first kappa shape index (κ1) is 25.2. The van der Waals surface area contributed by atoms with Gasteiger partial charge in [-0.1, -0.05) is 39.7 Å². The molecule has 36 heavy (non-hydrogen) atoms. The quantitative estimate of drug-likeness (QED) is 0.278. The first-order valence-corrected chi connectivity index (χ1v) is 12.2. The van der Waals surface area contributed by atoms with Crippen molar-refractivity contribution in [1.82, 2.24) is 4.68 Å². The molecule has 0 radical (unpaired) electrons. The molecule has 1 aromatic heterocycles. The number of amides is 3. The van der Waals surface area contributed by atoms with Crippen molar-refractivity contribution in [2.75, 3.05) is 16.1 Å².